The minimum atomic E-state index is 0.197. The molecule has 0 saturated heterocycles. The molecule has 0 aromatic rings. The lowest BCUT2D eigenvalue weighted by Gasteiger charge is -2.27. The Morgan fingerprint density at radius 2 is 2.00 bits per heavy atom. The molecule has 1 heteroatoms. The molecule has 0 rings (SSSR count). The molecule has 0 amide bonds. The molecule has 0 atom stereocenters. The van der Waals surface area contributed by atoms with Crippen molar-refractivity contribution < 1.29 is 0 Å². The first kappa shape index (κ1) is 10.7. The molecule has 0 fully saturated rings. The summed E-state index contributed by atoms with van der Waals surface area (Å²) in [4.78, 5) is 0. The van der Waals surface area contributed by atoms with Gasteiger partial charge in [-0.05, 0) is 26.2 Å². The Morgan fingerprint density at radius 3 is 2.36 bits per heavy atom. The largest absolute Gasteiger partial charge is 0.304 e. The van der Waals surface area contributed by atoms with E-state index < -0.39 is 0 Å². The zero-order valence-electron chi connectivity index (χ0n) is 8.15. The van der Waals surface area contributed by atoms with E-state index in [1.165, 1.54) is 6.42 Å². The fourth-order valence-electron chi connectivity index (χ4n) is 1.36. The zero-order chi connectivity index (χ0) is 8.91. The highest BCUT2D eigenvalue weighted by Gasteiger charge is 2.17. The van der Waals surface area contributed by atoms with Gasteiger partial charge in [0.05, 0.1) is 0 Å². The maximum Gasteiger partial charge on any atom is 0.0443 e. The highest BCUT2D eigenvalue weighted by Crippen LogP contribution is 2.15. The first-order valence-electron chi connectivity index (χ1n) is 4.20. The minimum Gasteiger partial charge on any atom is -0.304 e. The van der Waals surface area contributed by atoms with Gasteiger partial charge in [-0.15, -0.1) is 6.58 Å². The van der Waals surface area contributed by atoms with E-state index in [2.05, 4.69) is 39.6 Å². The molecule has 0 saturated carbocycles. The van der Waals surface area contributed by atoms with E-state index in [1.54, 1.807) is 6.08 Å². The van der Waals surface area contributed by atoms with E-state index in [1.807, 2.05) is 6.54 Å². The van der Waals surface area contributed by atoms with Gasteiger partial charge in [0.15, 0.2) is 0 Å². The standard InChI is InChI=1S/C10H20N/c1-6-7-11-10(4,5)8-9(2)3/h6-7,9,11H,1,8H2,2-5H3. The third kappa shape index (κ3) is 6.11. The van der Waals surface area contributed by atoms with E-state index in [0.29, 0.717) is 0 Å². The summed E-state index contributed by atoms with van der Waals surface area (Å²) in [6, 6.07) is 0. The molecule has 1 N–H and O–H groups in total. The van der Waals surface area contributed by atoms with Crippen LogP contribution in [0.3, 0.4) is 0 Å². The van der Waals surface area contributed by atoms with Crippen LogP contribution in [0.2, 0.25) is 0 Å². The topological polar surface area (TPSA) is 12.0 Å². The van der Waals surface area contributed by atoms with Crippen LogP contribution in [0.1, 0.15) is 34.1 Å². The van der Waals surface area contributed by atoms with Crippen LogP contribution < -0.4 is 5.32 Å². The predicted molar refractivity (Wildman–Crippen MR) is 51.2 cm³/mol. The number of nitrogens with one attached hydrogen (secondary N) is 1. The van der Waals surface area contributed by atoms with E-state index >= 15 is 0 Å². The molecule has 0 heterocycles. The summed E-state index contributed by atoms with van der Waals surface area (Å²) in [5.74, 6) is 0.732. The van der Waals surface area contributed by atoms with Crippen LogP contribution in [0.25, 0.3) is 0 Å². The first-order chi connectivity index (χ1) is 4.98. The van der Waals surface area contributed by atoms with Crippen molar-refractivity contribution in [2.45, 2.75) is 39.7 Å². The smallest absolute Gasteiger partial charge is 0.0443 e. The highest BCUT2D eigenvalue weighted by molar-refractivity contribution is 4.91. The Balaban J connectivity index is 3.69. The molecule has 0 aliphatic heterocycles. The number of hydrogen-bond donors (Lipinski definition) is 1. The van der Waals surface area contributed by atoms with Crippen LogP contribution in [-0.4, -0.2) is 5.54 Å². The second kappa shape index (κ2) is 4.55. The summed E-state index contributed by atoms with van der Waals surface area (Å²) in [6.07, 6.45) is 2.96. The van der Waals surface area contributed by atoms with Gasteiger partial charge in [0.25, 0.3) is 0 Å². The third-order valence-corrected chi connectivity index (χ3v) is 1.51. The maximum absolute atomic E-state index is 3.62. The lowest BCUT2D eigenvalue weighted by molar-refractivity contribution is 0.344. The molecule has 0 aromatic heterocycles. The summed E-state index contributed by atoms with van der Waals surface area (Å²) in [5, 5.41) is 3.30. The van der Waals surface area contributed by atoms with Gasteiger partial charge >= 0.3 is 0 Å². The Bertz CT molecular complexity index is 114. The molecule has 0 unspecified atom stereocenters. The molecule has 0 aromatic carbocycles. The molecule has 0 spiro atoms. The second-order valence-electron chi connectivity index (χ2n) is 4.03. The minimum absolute atomic E-state index is 0.197. The molecule has 0 bridgehead atoms. The summed E-state index contributed by atoms with van der Waals surface area (Å²) in [6.45, 7) is 14.4. The van der Waals surface area contributed by atoms with Crippen molar-refractivity contribution in [1.29, 1.82) is 0 Å². The average Bonchev–Trinajstić information content (AvgIpc) is 1.81. The van der Waals surface area contributed by atoms with Crippen LogP contribution in [0.15, 0.2) is 12.7 Å². The zero-order valence-corrected chi connectivity index (χ0v) is 8.15. The summed E-state index contributed by atoms with van der Waals surface area (Å²) >= 11 is 0. The van der Waals surface area contributed by atoms with E-state index in [-0.39, 0.29) is 5.54 Å². The first-order valence-corrected chi connectivity index (χ1v) is 4.20. The average molecular weight is 154 g/mol. The van der Waals surface area contributed by atoms with Crippen LogP contribution >= 0.6 is 0 Å². The highest BCUT2D eigenvalue weighted by atomic mass is 14.9. The third-order valence-electron chi connectivity index (χ3n) is 1.51. The van der Waals surface area contributed by atoms with Crippen molar-refractivity contribution in [3.63, 3.8) is 0 Å². The molecular formula is C10H20N. The van der Waals surface area contributed by atoms with E-state index in [4.69, 9.17) is 0 Å². The molecule has 0 aliphatic carbocycles. The molecule has 0 aliphatic rings. The predicted octanol–water partition coefficient (Wildman–Crippen LogP) is 2.75. The van der Waals surface area contributed by atoms with Gasteiger partial charge in [-0.2, -0.15) is 0 Å². The normalized spacial score (nSPS) is 12.1. The second-order valence-corrected chi connectivity index (χ2v) is 4.03. The van der Waals surface area contributed by atoms with Gasteiger partial charge in [-0.3, -0.25) is 0 Å². The fourth-order valence-corrected chi connectivity index (χ4v) is 1.36. The van der Waals surface area contributed by atoms with Gasteiger partial charge in [0, 0.05) is 12.1 Å². The van der Waals surface area contributed by atoms with Crippen molar-refractivity contribution in [1.82, 2.24) is 5.32 Å². The lowest BCUT2D eigenvalue weighted by Crippen LogP contribution is -2.38. The van der Waals surface area contributed by atoms with Crippen molar-refractivity contribution in [2.75, 3.05) is 0 Å². The van der Waals surface area contributed by atoms with Gasteiger partial charge < -0.3 is 5.32 Å². The number of hydrogen-bond acceptors (Lipinski definition) is 1. The van der Waals surface area contributed by atoms with Crippen LogP contribution in [0.5, 0.6) is 0 Å². The molecule has 11 heavy (non-hydrogen) atoms. The van der Waals surface area contributed by atoms with Crippen molar-refractivity contribution in [3.05, 3.63) is 19.2 Å². The van der Waals surface area contributed by atoms with E-state index in [0.717, 1.165) is 5.92 Å². The molecule has 65 valence electrons. The summed E-state index contributed by atoms with van der Waals surface area (Å²) in [5.41, 5.74) is 0.197. The van der Waals surface area contributed by atoms with E-state index in [9.17, 15) is 0 Å². The Labute approximate surface area is 70.9 Å². The molecule has 1 radical (unpaired) electrons. The monoisotopic (exact) mass is 154 g/mol. The van der Waals surface area contributed by atoms with Crippen molar-refractivity contribution in [2.24, 2.45) is 5.92 Å². The molecular weight excluding hydrogens is 134 g/mol. The SMILES string of the molecule is C=C[CH]NC(C)(C)CC(C)C. The van der Waals surface area contributed by atoms with Crippen molar-refractivity contribution >= 4 is 0 Å². The van der Waals surface area contributed by atoms with Gasteiger partial charge in [0.1, 0.15) is 0 Å². The summed E-state index contributed by atoms with van der Waals surface area (Å²) in [7, 11) is 0. The van der Waals surface area contributed by atoms with Gasteiger partial charge in [-0.25, -0.2) is 0 Å². The fraction of sp³-hybridized carbons (Fsp3) is 0.700. The van der Waals surface area contributed by atoms with Crippen LogP contribution in [0, 0.1) is 12.5 Å². The summed E-state index contributed by atoms with van der Waals surface area (Å²) < 4.78 is 0. The molecule has 1 nitrogen and oxygen atoms in total. The number of rotatable bonds is 5. The Kier molecular flexibility index (Phi) is 4.43. The lowest BCUT2D eigenvalue weighted by atomic mass is 9.93. The van der Waals surface area contributed by atoms with Crippen LogP contribution in [0.4, 0.5) is 0 Å². The van der Waals surface area contributed by atoms with Gasteiger partial charge in [0.2, 0.25) is 0 Å². The Hall–Kier alpha value is -0.300. The Morgan fingerprint density at radius 1 is 1.45 bits per heavy atom. The van der Waals surface area contributed by atoms with Crippen LogP contribution in [-0.2, 0) is 0 Å². The van der Waals surface area contributed by atoms with Crippen molar-refractivity contribution in [3.8, 4) is 0 Å². The quantitative estimate of drug-likeness (QED) is 0.642. The maximum atomic E-state index is 3.62. The van der Waals surface area contributed by atoms with Gasteiger partial charge in [-0.1, -0.05) is 19.9 Å².